The van der Waals surface area contributed by atoms with Crippen molar-refractivity contribution < 1.29 is 14.1 Å². The van der Waals surface area contributed by atoms with Gasteiger partial charge >= 0.3 is 0 Å². The molecule has 0 radical (unpaired) electrons. The average Bonchev–Trinajstić information content (AvgIpc) is 3.07. The summed E-state index contributed by atoms with van der Waals surface area (Å²) in [6.07, 6.45) is 0. The largest absolute Gasteiger partial charge is 0.361 e. The molecule has 1 atom stereocenters. The van der Waals surface area contributed by atoms with Gasteiger partial charge in [0.15, 0.2) is 0 Å². The van der Waals surface area contributed by atoms with Crippen LogP contribution in [0.25, 0.3) is 0 Å². The summed E-state index contributed by atoms with van der Waals surface area (Å²) in [6.45, 7) is 3.33. The first-order valence-corrected chi connectivity index (χ1v) is 8.18. The number of hydrogen-bond acceptors (Lipinski definition) is 6. The van der Waals surface area contributed by atoms with E-state index >= 15 is 0 Å². The number of aryl methyl sites for hydroxylation is 2. The second-order valence-electron chi connectivity index (χ2n) is 5.50. The molecular formula is C16H13N3O3S. The highest BCUT2D eigenvalue weighted by Crippen LogP contribution is 2.37. The van der Waals surface area contributed by atoms with Crippen molar-refractivity contribution in [1.82, 2.24) is 10.2 Å². The van der Waals surface area contributed by atoms with E-state index in [2.05, 4.69) is 10.3 Å². The van der Waals surface area contributed by atoms with Gasteiger partial charge in [-0.2, -0.15) is 10.1 Å². The maximum atomic E-state index is 12.7. The molecular weight excluding hydrogens is 314 g/mol. The van der Waals surface area contributed by atoms with E-state index in [1.165, 1.54) is 0 Å². The molecule has 3 heterocycles. The third-order valence-corrected chi connectivity index (χ3v) is 5.22. The van der Waals surface area contributed by atoms with Crippen LogP contribution in [0.3, 0.4) is 0 Å². The van der Waals surface area contributed by atoms with Crippen LogP contribution in [0.15, 0.2) is 38.8 Å². The standard InChI is InChI=1S/C16H13N3O3S/c1-8-13(9(2)22-18-8)16(21)19-15(20)11-7-23-12-6-4-3-5-10(12)14(11)17-19/h3-6,11H,7H2,1-2H3. The SMILES string of the molecule is Cc1noc(C)c1C(=O)N1N=C2c3ccccc3SCC2C1=O. The summed E-state index contributed by atoms with van der Waals surface area (Å²) in [5, 5.41) is 9.08. The number of nitrogens with zero attached hydrogens (tertiary/aromatic N) is 3. The van der Waals surface area contributed by atoms with E-state index in [0.29, 0.717) is 28.5 Å². The topological polar surface area (TPSA) is 75.8 Å². The van der Waals surface area contributed by atoms with Gasteiger partial charge in [-0.15, -0.1) is 11.8 Å². The lowest BCUT2D eigenvalue weighted by Gasteiger charge is -2.19. The van der Waals surface area contributed by atoms with Gasteiger partial charge < -0.3 is 4.52 Å². The third-order valence-electron chi connectivity index (χ3n) is 4.05. The van der Waals surface area contributed by atoms with Crippen molar-refractivity contribution in [2.75, 3.05) is 5.75 Å². The molecule has 0 N–H and O–H groups in total. The normalized spacial score (nSPS) is 19.4. The summed E-state index contributed by atoms with van der Waals surface area (Å²) < 4.78 is 5.02. The van der Waals surface area contributed by atoms with Crippen LogP contribution >= 0.6 is 11.8 Å². The zero-order valence-corrected chi connectivity index (χ0v) is 13.4. The molecule has 116 valence electrons. The highest BCUT2D eigenvalue weighted by atomic mass is 32.2. The predicted molar refractivity (Wildman–Crippen MR) is 84.3 cm³/mol. The van der Waals surface area contributed by atoms with E-state index in [1.807, 2.05) is 24.3 Å². The second kappa shape index (κ2) is 5.06. The summed E-state index contributed by atoms with van der Waals surface area (Å²) >= 11 is 1.62. The highest BCUT2D eigenvalue weighted by Gasteiger charge is 2.43. The van der Waals surface area contributed by atoms with Crippen molar-refractivity contribution in [1.29, 1.82) is 0 Å². The van der Waals surface area contributed by atoms with Crippen LogP contribution in [0.2, 0.25) is 0 Å². The zero-order chi connectivity index (χ0) is 16.1. The van der Waals surface area contributed by atoms with Gasteiger partial charge in [0.25, 0.3) is 11.8 Å². The molecule has 7 heteroatoms. The number of imide groups is 1. The van der Waals surface area contributed by atoms with Gasteiger partial charge in [0.2, 0.25) is 0 Å². The molecule has 0 spiro atoms. The lowest BCUT2D eigenvalue weighted by atomic mass is 9.98. The lowest BCUT2D eigenvalue weighted by molar-refractivity contribution is -0.128. The molecule has 2 aliphatic heterocycles. The van der Waals surface area contributed by atoms with Crippen LogP contribution < -0.4 is 0 Å². The third kappa shape index (κ3) is 2.03. The zero-order valence-electron chi connectivity index (χ0n) is 12.6. The van der Waals surface area contributed by atoms with E-state index in [0.717, 1.165) is 15.5 Å². The number of aromatic nitrogens is 1. The molecule has 1 aromatic carbocycles. The summed E-state index contributed by atoms with van der Waals surface area (Å²) in [5.74, 6) is -0.146. The lowest BCUT2D eigenvalue weighted by Crippen LogP contribution is -2.35. The smallest absolute Gasteiger partial charge is 0.286 e. The number of fused-ring (bicyclic) bond motifs is 3. The molecule has 0 saturated carbocycles. The molecule has 4 rings (SSSR count). The van der Waals surface area contributed by atoms with Crippen LogP contribution in [0.4, 0.5) is 0 Å². The van der Waals surface area contributed by atoms with Crippen molar-refractivity contribution in [3.8, 4) is 0 Å². The van der Waals surface area contributed by atoms with Gasteiger partial charge in [-0.05, 0) is 19.9 Å². The maximum Gasteiger partial charge on any atom is 0.286 e. The van der Waals surface area contributed by atoms with Crippen molar-refractivity contribution in [3.63, 3.8) is 0 Å². The fraction of sp³-hybridized carbons (Fsp3) is 0.250. The van der Waals surface area contributed by atoms with E-state index in [9.17, 15) is 9.59 Å². The molecule has 2 aromatic rings. The number of hydrazone groups is 1. The van der Waals surface area contributed by atoms with Crippen molar-refractivity contribution >= 4 is 29.3 Å². The minimum absolute atomic E-state index is 0.285. The predicted octanol–water partition coefficient (Wildman–Crippen LogP) is 2.40. The molecule has 0 bridgehead atoms. The Kier molecular flexibility index (Phi) is 3.12. The first-order valence-electron chi connectivity index (χ1n) is 7.20. The molecule has 23 heavy (non-hydrogen) atoms. The summed E-state index contributed by atoms with van der Waals surface area (Å²) in [5.41, 5.74) is 2.37. The molecule has 0 fully saturated rings. The van der Waals surface area contributed by atoms with Crippen molar-refractivity contribution in [2.45, 2.75) is 18.7 Å². The summed E-state index contributed by atoms with van der Waals surface area (Å²) in [7, 11) is 0. The Bertz CT molecular complexity index is 852. The monoisotopic (exact) mass is 327 g/mol. The minimum Gasteiger partial charge on any atom is -0.361 e. The Morgan fingerprint density at radius 2 is 2.13 bits per heavy atom. The van der Waals surface area contributed by atoms with Gasteiger partial charge in [0, 0.05) is 16.2 Å². The van der Waals surface area contributed by atoms with Crippen molar-refractivity contribution in [2.24, 2.45) is 11.0 Å². The fourth-order valence-electron chi connectivity index (χ4n) is 2.90. The number of rotatable bonds is 1. The summed E-state index contributed by atoms with van der Waals surface area (Å²) in [4.78, 5) is 26.4. The van der Waals surface area contributed by atoms with E-state index in [-0.39, 0.29) is 11.8 Å². The van der Waals surface area contributed by atoms with Crippen molar-refractivity contribution in [3.05, 3.63) is 46.8 Å². The van der Waals surface area contributed by atoms with E-state index < -0.39 is 5.91 Å². The van der Waals surface area contributed by atoms with Crippen LogP contribution in [0.5, 0.6) is 0 Å². The number of carbonyl (C=O) groups excluding carboxylic acids is 2. The van der Waals surface area contributed by atoms with Crippen LogP contribution in [0, 0.1) is 19.8 Å². The quantitative estimate of drug-likeness (QED) is 0.752. The van der Waals surface area contributed by atoms with Gasteiger partial charge in [-0.1, -0.05) is 23.4 Å². The van der Waals surface area contributed by atoms with Gasteiger partial charge in [0.05, 0.1) is 17.3 Å². The Morgan fingerprint density at radius 1 is 1.35 bits per heavy atom. The van der Waals surface area contributed by atoms with Gasteiger partial charge in [0.1, 0.15) is 11.3 Å². The molecule has 0 saturated heterocycles. The number of carbonyl (C=O) groups is 2. The number of benzene rings is 1. The first-order chi connectivity index (χ1) is 11.1. The Hall–Kier alpha value is -2.41. The summed E-state index contributed by atoms with van der Waals surface area (Å²) in [6, 6.07) is 7.80. The van der Waals surface area contributed by atoms with E-state index in [1.54, 1.807) is 25.6 Å². The van der Waals surface area contributed by atoms with Gasteiger partial charge in [-0.25, -0.2) is 0 Å². The second-order valence-corrected chi connectivity index (χ2v) is 6.56. The van der Waals surface area contributed by atoms with Crippen LogP contribution in [0.1, 0.15) is 27.4 Å². The fourth-order valence-corrected chi connectivity index (χ4v) is 4.05. The highest BCUT2D eigenvalue weighted by molar-refractivity contribution is 7.99. The molecule has 1 aromatic heterocycles. The van der Waals surface area contributed by atoms with Crippen LogP contribution in [-0.4, -0.2) is 33.4 Å². The Morgan fingerprint density at radius 3 is 2.87 bits per heavy atom. The number of thioether (sulfide) groups is 1. The molecule has 2 amide bonds. The Balaban J connectivity index is 1.77. The molecule has 6 nitrogen and oxygen atoms in total. The number of amides is 2. The molecule has 2 aliphatic rings. The molecule has 1 unspecified atom stereocenters. The van der Waals surface area contributed by atoms with E-state index in [4.69, 9.17) is 4.52 Å². The average molecular weight is 327 g/mol. The Labute approximate surface area is 136 Å². The van der Waals surface area contributed by atoms with Gasteiger partial charge in [-0.3, -0.25) is 9.59 Å². The first kappa shape index (κ1) is 14.2. The minimum atomic E-state index is -0.476. The maximum absolute atomic E-state index is 12.7. The van der Waals surface area contributed by atoms with Crippen LogP contribution in [-0.2, 0) is 4.79 Å². The molecule has 0 aliphatic carbocycles. The number of hydrogen-bond donors (Lipinski definition) is 0.